The van der Waals surface area contributed by atoms with Gasteiger partial charge in [0, 0.05) is 0 Å². The third-order valence-corrected chi connectivity index (χ3v) is 8.72. The lowest BCUT2D eigenvalue weighted by Gasteiger charge is -2.35. The van der Waals surface area contributed by atoms with Crippen LogP contribution < -0.4 is 0 Å². The van der Waals surface area contributed by atoms with Crippen molar-refractivity contribution in [3.8, 4) is 0 Å². The first kappa shape index (κ1) is 34.1. The standard InChI is InChI=1S/2C11H22.C7H15N.2CH4/c2*1-8(2)11-6-5-9(3)7-10(11)4;1-7-3-5-8(2)6-4-7;;/h2*8-11H,5-7H2,1-4H3;7H,3-6H2,1-2H3;2*1H4/t2*9-,10?,11+;;;/m10.../s1. The summed E-state index contributed by atoms with van der Waals surface area (Å²) in [5, 5.41) is 0. The van der Waals surface area contributed by atoms with Crippen LogP contribution in [0.25, 0.3) is 0 Å². The van der Waals surface area contributed by atoms with Gasteiger partial charge in [-0.1, -0.05) is 90.0 Å². The molecule has 3 fully saturated rings. The summed E-state index contributed by atoms with van der Waals surface area (Å²) in [6.45, 7) is 24.1. The maximum atomic E-state index is 2.43. The molecule has 1 heterocycles. The first-order valence-electron chi connectivity index (χ1n) is 13.7. The molecule has 2 aliphatic carbocycles. The average Bonchev–Trinajstić information content (AvgIpc) is 2.64. The van der Waals surface area contributed by atoms with E-state index in [2.05, 4.69) is 74.3 Å². The topological polar surface area (TPSA) is 3.24 Å². The van der Waals surface area contributed by atoms with E-state index in [1.807, 2.05) is 0 Å². The van der Waals surface area contributed by atoms with E-state index < -0.39 is 0 Å². The Kier molecular flexibility index (Phi) is 18.6. The molecule has 196 valence electrons. The van der Waals surface area contributed by atoms with Crippen LogP contribution >= 0.6 is 0 Å². The average molecular weight is 454 g/mol. The number of rotatable bonds is 2. The Hall–Kier alpha value is -0.0400. The zero-order chi connectivity index (χ0) is 22.8. The summed E-state index contributed by atoms with van der Waals surface area (Å²) in [5.74, 6) is 8.70. The van der Waals surface area contributed by atoms with E-state index in [1.165, 1.54) is 64.5 Å². The number of likely N-dealkylation sites (tertiary alicyclic amines) is 1. The predicted molar refractivity (Wildman–Crippen MR) is 150 cm³/mol. The van der Waals surface area contributed by atoms with E-state index in [9.17, 15) is 0 Å². The maximum Gasteiger partial charge on any atom is -0.00192 e. The first-order valence-corrected chi connectivity index (χ1v) is 13.7. The summed E-state index contributed by atoms with van der Waals surface area (Å²) in [7, 11) is 2.20. The van der Waals surface area contributed by atoms with Crippen molar-refractivity contribution < 1.29 is 0 Å². The van der Waals surface area contributed by atoms with E-state index in [0.29, 0.717) is 0 Å². The lowest BCUT2D eigenvalue weighted by molar-refractivity contribution is 0.158. The summed E-state index contributed by atoms with van der Waals surface area (Å²) in [6, 6.07) is 0. The van der Waals surface area contributed by atoms with Crippen molar-refractivity contribution in [3.63, 3.8) is 0 Å². The molecular formula is C31H67N. The van der Waals surface area contributed by atoms with Crippen LogP contribution in [-0.4, -0.2) is 25.0 Å². The second-order valence-electron chi connectivity index (χ2n) is 12.6. The smallest absolute Gasteiger partial charge is 0.00192 e. The second kappa shape index (κ2) is 17.4. The second-order valence-corrected chi connectivity index (χ2v) is 12.6. The molecule has 3 aliphatic rings. The molecule has 2 unspecified atom stereocenters. The molecule has 6 atom stereocenters. The molecule has 1 aliphatic heterocycles. The highest BCUT2D eigenvalue weighted by Crippen LogP contribution is 2.38. The van der Waals surface area contributed by atoms with Gasteiger partial charge in [-0.25, -0.2) is 0 Å². The van der Waals surface area contributed by atoms with Crippen LogP contribution in [0.3, 0.4) is 0 Å². The van der Waals surface area contributed by atoms with Gasteiger partial charge in [0.1, 0.15) is 0 Å². The summed E-state index contributed by atoms with van der Waals surface area (Å²) >= 11 is 0. The van der Waals surface area contributed by atoms with Crippen LogP contribution in [0, 0.1) is 53.3 Å². The fourth-order valence-corrected chi connectivity index (χ4v) is 6.50. The molecule has 0 N–H and O–H groups in total. The summed E-state index contributed by atoms with van der Waals surface area (Å²) in [5.41, 5.74) is 0. The zero-order valence-electron chi connectivity index (χ0n) is 22.7. The van der Waals surface area contributed by atoms with Gasteiger partial charge >= 0.3 is 0 Å². The molecule has 0 bridgehead atoms. The highest BCUT2D eigenvalue weighted by Gasteiger charge is 2.27. The SMILES string of the molecule is C.C.CC(C)[C@@H]1CC[C@@H](C)CC1C.CC(C)[C@H]1CC[C@H](C)CC1C.CC1CCN(C)CC1. The van der Waals surface area contributed by atoms with Gasteiger partial charge < -0.3 is 4.90 Å². The van der Waals surface area contributed by atoms with Crippen LogP contribution in [0.2, 0.25) is 0 Å². The molecule has 3 rings (SSSR count). The van der Waals surface area contributed by atoms with Gasteiger partial charge in [-0.3, -0.25) is 0 Å². The zero-order valence-corrected chi connectivity index (χ0v) is 22.7. The Morgan fingerprint density at radius 1 is 0.531 bits per heavy atom. The maximum absolute atomic E-state index is 2.43. The Morgan fingerprint density at radius 3 is 1.12 bits per heavy atom. The Balaban J connectivity index is 0. The minimum atomic E-state index is 0. The van der Waals surface area contributed by atoms with Gasteiger partial charge in [-0.2, -0.15) is 0 Å². The summed E-state index contributed by atoms with van der Waals surface area (Å²) < 4.78 is 0. The highest BCUT2D eigenvalue weighted by molar-refractivity contribution is 4.78. The molecule has 0 aromatic rings. The van der Waals surface area contributed by atoms with Crippen LogP contribution in [-0.2, 0) is 0 Å². The van der Waals surface area contributed by atoms with Gasteiger partial charge in [0.15, 0.2) is 0 Å². The molecule has 0 aromatic heterocycles. The fraction of sp³-hybridized carbons (Fsp3) is 1.00. The molecule has 0 amide bonds. The minimum absolute atomic E-state index is 0. The van der Waals surface area contributed by atoms with Crippen molar-refractivity contribution >= 4 is 0 Å². The lowest BCUT2D eigenvalue weighted by Crippen LogP contribution is -2.28. The molecular weight excluding hydrogens is 386 g/mol. The quantitative estimate of drug-likeness (QED) is 0.402. The summed E-state index contributed by atoms with van der Waals surface area (Å²) in [4.78, 5) is 2.40. The van der Waals surface area contributed by atoms with Gasteiger partial charge in [0.2, 0.25) is 0 Å². The van der Waals surface area contributed by atoms with Gasteiger partial charge in [-0.05, 0) is 112 Å². The molecule has 0 spiro atoms. The van der Waals surface area contributed by atoms with Gasteiger partial charge in [0.25, 0.3) is 0 Å². The highest BCUT2D eigenvalue weighted by atomic mass is 15.1. The van der Waals surface area contributed by atoms with E-state index in [0.717, 1.165) is 53.3 Å². The van der Waals surface area contributed by atoms with E-state index >= 15 is 0 Å². The van der Waals surface area contributed by atoms with Crippen molar-refractivity contribution in [2.45, 2.75) is 129 Å². The van der Waals surface area contributed by atoms with Crippen LogP contribution in [0.4, 0.5) is 0 Å². The van der Waals surface area contributed by atoms with Crippen LogP contribution in [0.15, 0.2) is 0 Å². The van der Waals surface area contributed by atoms with Gasteiger partial charge in [0.05, 0.1) is 0 Å². The molecule has 0 aromatic carbocycles. The monoisotopic (exact) mass is 454 g/mol. The fourth-order valence-electron chi connectivity index (χ4n) is 6.50. The number of piperidine rings is 1. The normalized spacial score (nSPS) is 33.8. The van der Waals surface area contributed by atoms with Crippen molar-refractivity contribution in [3.05, 3.63) is 0 Å². The molecule has 1 nitrogen and oxygen atoms in total. The molecule has 0 radical (unpaired) electrons. The largest absolute Gasteiger partial charge is 0.306 e. The minimum Gasteiger partial charge on any atom is -0.306 e. The van der Waals surface area contributed by atoms with Crippen LogP contribution in [0.1, 0.15) is 129 Å². The van der Waals surface area contributed by atoms with E-state index in [-0.39, 0.29) is 14.9 Å². The number of hydrogen-bond donors (Lipinski definition) is 0. The first-order chi connectivity index (χ1) is 14.0. The Morgan fingerprint density at radius 2 is 0.875 bits per heavy atom. The Labute approximate surface area is 206 Å². The van der Waals surface area contributed by atoms with Crippen LogP contribution in [0.5, 0.6) is 0 Å². The molecule has 32 heavy (non-hydrogen) atoms. The number of nitrogens with zero attached hydrogens (tertiary/aromatic N) is 1. The van der Waals surface area contributed by atoms with Crippen molar-refractivity contribution in [2.24, 2.45) is 53.3 Å². The molecule has 1 saturated heterocycles. The summed E-state index contributed by atoms with van der Waals surface area (Å²) in [6.07, 6.45) is 11.6. The molecule has 2 saturated carbocycles. The number of hydrogen-bond acceptors (Lipinski definition) is 1. The predicted octanol–water partition coefficient (Wildman–Crippen LogP) is 10.0. The third kappa shape index (κ3) is 13.0. The third-order valence-electron chi connectivity index (χ3n) is 8.72. The van der Waals surface area contributed by atoms with Crippen molar-refractivity contribution in [1.29, 1.82) is 0 Å². The Bertz CT molecular complexity index is 380. The molecule has 1 heteroatoms. The van der Waals surface area contributed by atoms with Crippen molar-refractivity contribution in [2.75, 3.05) is 20.1 Å². The van der Waals surface area contributed by atoms with Gasteiger partial charge in [-0.15, -0.1) is 0 Å². The van der Waals surface area contributed by atoms with E-state index in [1.54, 1.807) is 0 Å². The van der Waals surface area contributed by atoms with E-state index in [4.69, 9.17) is 0 Å². The lowest BCUT2D eigenvalue weighted by atomic mass is 9.71. The van der Waals surface area contributed by atoms with Crippen molar-refractivity contribution in [1.82, 2.24) is 4.90 Å².